The molecule has 1 aromatic heterocycles. The quantitative estimate of drug-likeness (QED) is 0.797. The molecule has 1 amide bonds. The first kappa shape index (κ1) is 18.3. The van der Waals surface area contributed by atoms with E-state index >= 15 is 0 Å². The van der Waals surface area contributed by atoms with Crippen LogP contribution in [0.2, 0.25) is 5.02 Å². The fourth-order valence-electron chi connectivity index (χ4n) is 4.01. The second kappa shape index (κ2) is 7.48. The number of nitrogens with zero attached hydrogens (tertiary/aromatic N) is 3. The van der Waals surface area contributed by atoms with Crippen LogP contribution in [0.15, 0.2) is 28.8 Å². The average molecular weight is 392 g/mol. The molecule has 0 aliphatic carbocycles. The van der Waals surface area contributed by atoms with E-state index in [1.807, 2.05) is 11.8 Å². The van der Waals surface area contributed by atoms with E-state index in [1.54, 1.807) is 24.3 Å². The Morgan fingerprint density at radius 1 is 1.33 bits per heavy atom. The van der Waals surface area contributed by atoms with E-state index in [4.69, 9.17) is 25.6 Å². The summed E-state index contributed by atoms with van der Waals surface area (Å²) in [6.07, 6.45) is 1.75. The number of halogens is 1. The maximum absolute atomic E-state index is 12.8. The van der Waals surface area contributed by atoms with Crippen molar-refractivity contribution in [2.75, 3.05) is 32.9 Å². The predicted molar refractivity (Wildman–Crippen MR) is 97.8 cm³/mol. The summed E-state index contributed by atoms with van der Waals surface area (Å²) in [4.78, 5) is 19.1. The molecule has 0 N–H and O–H groups in total. The van der Waals surface area contributed by atoms with Gasteiger partial charge in [-0.3, -0.25) is 4.79 Å². The Morgan fingerprint density at radius 3 is 2.74 bits per heavy atom. The smallest absolute Gasteiger partial charge is 0.260 e. The molecule has 1 aromatic carbocycles. The number of carbonyl (C=O) groups excluding carboxylic acids is 1. The minimum atomic E-state index is -0.0762. The predicted octanol–water partition coefficient (Wildman–Crippen LogP) is 2.83. The van der Waals surface area contributed by atoms with Crippen molar-refractivity contribution in [1.82, 2.24) is 15.0 Å². The fourth-order valence-corrected chi connectivity index (χ4v) is 4.13. The Labute approximate surface area is 162 Å². The average Bonchev–Trinajstić information content (AvgIpc) is 3.25. The number of hydrogen-bond donors (Lipinski definition) is 0. The van der Waals surface area contributed by atoms with E-state index in [-0.39, 0.29) is 23.8 Å². The molecule has 144 valence electrons. The molecule has 27 heavy (non-hydrogen) atoms. The van der Waals surface area contributed by atoms with Crippen molar-refractivity contribution in [2.45, 2.75) is 25.7 Å². The molecule has 1 spiro atoms. The lowest BCUT2D eigenvalue weighted by molar-refractivity contribution is -0.133. The van der Waals surface area contributed by atoms with Crippen molar-refractivity contribution >= 4 is 17.5 Å². The molecular formula is C19H22ClN3O4. The van der Waals surface area contributed by atoms with E-state index in [1.165, 1.54) is 0 Å². The molecule has 1 atom stereocenters. The van der Waals surface area contributed by atoms with Crippen LogP contribution >= 0.6 is 11.6 Å². The van der Waals surface area contributed by atoms with Gasteiger partial charge >= 0.3 is 0 Å². The summed E-state index contributed by atoms with van der Waals surface area (Å²) in [7, 11) is 0. The van der Waals surface area contributed by atoms with Crippen molar-refractivity contribution in [3.63, 3.8) is 0 Å². The number of aryl methyl sites for hydroxylation is 1. The Morgan fingerprint density at radius 2 is 2.07 bits per heavy atom. The van der Waals surface area contributed by atoms with E-state index < -0.39 is 0 Å². The van der Waals surface area contributed by atoms with Gasteiger partial charge in [0, 0.05) is 36.7 Å². The zero-order valence-corrected chi connectivity index (χ0v) is 15.9. The molecule has 2 aromatic rings. The molecule has 0 unspecified atom stereocenters. The Kier molecular flexibility index (Phi) is 5.06. The van der Waals surface area contributed by atoms with E-state index in [0.29, 0.717) is 48.8 Å². The van der Waals surface area contributed by atoms with Gasteiger partial charge in [0.05, 0.1) is 5.92 Å². The van der Waals surface area contributed by atoms with Crippen molar-refractivity contribution in [3.8, 4) is 5.75 Å². The lowest BCUT2D eigenvalue weighted by atomic mass is 9.72. The molecule has 2 aliphatic rings. The molecule has 7 nitrogen and oxygen atoms in total. The number of ether oxygens (including phenoxy) is 2. The molecule has 0 saturated carbocycles. The highest BCUT2D eigenvalue weighted by molar-refractivity contribution is 6.30. The highest BCUT2D eigenvalue weighted by Crippen LogP contribution is 2.49. The first-order valence-electron chi connectivity index (χ1n) is 9.10. The minimum absolute atomic E-state index is 0.0101. The second-order valence-electron chi connectivity index (χ2n) is 7.22. The van der Waals surface area contributed by atoms with Gasteiger partial charge in [-0.25, -0.2) is 0 Å². The molecule has 4 rings (SSSR count). The van der Waals surface area contributed by atoms with Crippen LogP contribution in [0.5, 0.6) is 5.75 Å². The molecule has 0 radical (unpaired) electrons. The van der Waals surface area contributed by atoms with Crippen molar-refractivity contribution in [1.29, 1.82) is 0 Å². The van der Waals surface area contributed by atoms with Gasteiger partial charge in [0.25, 0.3) is 5.91 Å². The lowest BCUT2D eigenvalue weighted by Crippen LogP contribution is -2.38. The number of amides is 1. The number of likely N-dealkylation sites (tertiary alicyclic amines) is 1. The topological polar surface area (TPSA) is 77.7 Å². The van der Waals surface area contributed by atoms with Gasteiger partial charge in [-0.1, -0.05) is 16.8 Å². The van der Waals surface area contributed by atoms with Crippen LogP contribution in [-0.2, 0) is 9.53 Å². The van der Waals surface area contributed by atoms with Crippen LogP contribution in [0.1, 0.15) is 30.5 Å². The third kappa shape index (κ3) is 3.80. The minimum Gasteiger partial charge on any atom is -0.484 e. The Hall–Kier alpha value is -2.12. The summed E-state index contributed by atoms with van der Waals surface area (Å²) in [6, 6.07) is 6.98. The van der Waals surface area contributed by atoms with Gasteiger partial charge in [0.2, 0.25) is 5.89 Å². The summed E-state index contributed by atoms with van der Waals surface area (Å²) in [5.41, 5.74) is -0.0762. The zero-order valence-electron chi connectivity index (χ0n) is 15.2. The summed E-state index contributed by atoms with van der Waals surface area (Å²) in [5, 5.41) is 4.57. The van der Waals surface area contributed by atoms with Crippen LogP contribution in [0, 0.1) is 12.3 Å². The largest absolute Gasteiger partial charge is 0.484 e. The molecule has 3 heterocycles. The van der Waals surface area contributed by atoms with Crippen LogP contribution in [0.3, 0.4) is 0 Å². The van der Waals surface area contributed by atoms with E-state index in [2.05, 4.69) is 10.1 Å². The Balaban J connectivity index is 1.46. The highest BCUT2D eigenvalue weighted by Gasteiger charge is 2.51. The third-order valence-corrected chi connectivity index (χ3v) is 5.76. The number of rotatable bonds is 4. The molecule has 8 heteroatoms. The van der Waals surface area contributed by atoms with Gasteiger partial charge < -0.3 is 18.9 Å². The van der Waals surface area contributed by atoms with E-state index in [0.717, 1.165) is 12.8 Å². The lowest BCUT2D eigenvalue weighted by Gasteiger charge is -2.36. The second-order valence-corrected chi connectivity index (χ2v) is 7.66. The van der Waals surface area contributed by atoms with Gasteiger partial charge in [0.15, 0.2) is 12.4 Å². The van der Waals surface area contributed by atoms with Gasteiger partial charge in [0.1, 0.15) is 5.75 Å². The van der Waals surface area contributed by atoms with Crippen LogP contribution in [0.25, 0.3) is 0 Å². The zero-order chi connectivity index (χ0) is 18.9. The third-order valence-electron chi connectivity index (χ3n) is 5.51. The highest BCUT2D eigenvalue weighted by atomic mass is 35.5. The van der Waals surface area contributed by atoms with Crippen molar-refractivity contribution in [2.24, 2.45) is 5.41 Å². The number of benzene rings is 1. The van der Waals surface area contributed by atoms with Gasteiger partial charge in [-0.15, -0.1) is 0 Å². The number of carbonyl (C=O) groups is 1. The van der Waals surface area contributed by atoms with Crippen molar-refractivity contribution in [3.05, 3.63) is 41.0 Å². The van der Waals surface area contributed by atoms with E-state index in [9.17, 15) is 4.79 Å². The Bertz CT molecular complexity index is 802. The number of aromatic nitrogens is 2. The summed E-state index contributed by atoms with van der Waals surface area (Å²) >= 11 is 5.88. The maximum Gasteiger partial charge on any atom is 0.260 e. The van der Waals surface area contributed by atoms with Crippen LogP contribution in [-0.4, -0.2) is 53.9 Å². The molecular weight excluding hydrogens is 370 g/mol. The summed E-state index contributed by atoms with van der Waals surface area (Å²) < 4.78 is 16.6. The van der Waals surface area contributed by atoms with Gasteiger partial charge in [-0.2, -0.15) is 4.98 Å². The molecule has 2 saturated heterocycles. The number of hydrogen-bond acceptors (Lipinski definition) is 6. The summed E-state index contributed by atoms with van der Waals surface area (Å²) in [6.45, 7) is 4.39. The fraction of sp³-hybridized carbons (Fsp3) is 0.526. The van der Waals surface area contributed by atoms with Crippen molar-refractivity contribution < 1.29 is 18.8 Å². The summed E-state index contributed by atoms with van der Waals surface area (Å²) in [5.74, 6) is 1.83. The maximum atomic E-state index is 12.8. The SMILES string of the molecule is Cc1noc([C@@H]2CN(C(=O)COc3ccc(Cl)cc3)CC23CCOCC3)n1. The normalized spacial score (nSPS) is 21.6. The first-order valence-corrected chi connectivity index (χ1v) is 9.48. The molecule has 2 fully saturated rings. The van der Waals surface area contributed by atoms with Crippen LogP contribution < -0.4 is 4.74 Å². The monoisotopic (exact) mass is 391 g/mol. The standard InChI is InChI=1S/C19H22ClN3O4/c1-13-21-18(27-22-13)16-10-23(12-19(16)6-8-25-9-7-19)17(24)11-26-15-4-2-14(20)3-5-15/h2-5,16H,6-12H2,1H3/t16-/m0/s1. The first-order chi connectivity index (χ1) is 13.1. The van der Waals surface area contributed by atoms with Gasteiger partial charge in [-0.05, 0) is 44.0 Å². The molecule has 0 bridgehead atoms. The van der Waals surface area contributed by atoms with Crippen LogP contribution in [0.4, 0.5) is 0 Å². The molecule has 2 aliphatic heterocycles.